The fourth-order valence-electron chi connectivity index (χ4n) is 4.25. The Hall–Kier alpha value is -3.80. The molecular weight excluding hydrogens is 440 g/mol. The lowest BCUT2D eigenvalue weighted by Gasteiger charge is -2.31. The molecule has 6 heteroatoms. The van der Waals surface area contributed by atoms with Crippen LogP contribution in [-0.2, 0) is 29.0 Å². The predicted molar refractivity (Wildman–Crippen MR) is 135 cm³/mol. The van der Waals surface area contributed by atoms with E-state index in [2.05, 4.69) is 5.32 Å². The molecule has 0 fully saturated rings. The molecule has 0 unspecified atom stereocenters. The van der Waals surface area contributed by atoms with Crippen molar-refractivity contribution < 1.29 is 19.1 Å². The zero-order valence-corrected chi connectivity index (χ0v) is 20.3. The number of fused-ring (bicyclic) bond motifs is 1. The first-order valence-electron chi connectivity index (χ1n) is 12.0. The molecule has 182 valence electrons. The van der Waals surface area contributed by atoms with Gasteiger partial charge < -0.3 is 19.7 Å². The molecule has 1 atom stereocenters. The fraction of sp³-hybridized carbons (Fsp3) is 0.310. The van der Waals surface area contributed by atoms with Crippen molar-refractivity contribution >= 4 is 11.8 Å². The number of carbonyl (C=O) groups excluding carboxylic acids is 2. The average Bonchev–Trinajstić information content (AvgIpc) is 2.90. The van der Waals surface area contributed by atoms with Crippen LogP contribution in [0, 0.1) is 6.92 Å². The highest BCUT2D eigenvalue weighted by atomic mass is 16.6. The van der Waals surface area contributed by atoms with Crippen LogP contribution < -0.4 is 14.8 Å². The number of aryl methyl sites for hydroxylation is 2. The van der Waals surface area contributed by atoms with Crippen LogP contribution in [-0.4, -0.2) is 43.0 Å². The Morgan fingerprint density at radius 2 is 1.57 bits per heavy atom. The van der Waals surface area contributed by atoms with Crippen LogP contribution in [0.5, 0.6) is 11.5 Å². The standard InChI is InChI=1S/C29H32N2O4/c1-21-8-10-24(11-9-21)20-31(25(29(33)30-2)18-22-6-4-3-5-7-22)28(32)15-13-23-12-14-26-27(19-23)35-17-16-34-26/h3-12,14,19,25H,13,15-18,20H2,1-2H3,(H,30,33)/t25-/m0/s1. The van der Waals surface area contributed by atoms with Crippen molar-refractivity contribution in [3.63, 3.8) is 0 Å². The normalized spacial score (nSPS) is 13.1. The van der Waals surface area contributed by atoms with Crippen LogP contribution in [0.25, 0.3) is 0 Å². The van der Waals surface area contributed by atoms with E-state index in [1.807, 2.05) is 79.7 Å². The Balaban J connectivity index is 1.56. The number of carbonyl (C=O) groups is 2. The first-order valence-corrected chi connectivity index (χ1v) is 12.0. The van der Waals surface area contributed by atoms with Crippen LogP contribution in [0.1, 0.15) is 28.7 Å². The lowest BCUT2D eigenvalue weighted by molar-refractivity contribution is -0.141. The van der Waals surface area contributed by atoms with E-state index in [1.165, 1.54) is 0 Å². The van der Waals surface area contributed by atoms with Gasteiger partial charge >= 0.3 is 0 Å². The Morgan fingerprint density at radius 1 is 0.886 bits per heavy atom. The van der Waals surface area contributed by atoms with Crippen molar-refractivity contribution in [2.24, 2.45) is 0 Å². The maximum atomic E-state index is 13.6. The molecule has 6 nitrogen and oxygen atoms in total. The summed E-state index contributed by atoms with van der Waals surface area (Å²) in [5.74, 6) is 1.21. The molecular formula is C29H32N2O4. The van der Waals surface area contributed by atoms with Crippen LogP contribution >= 0.6 is 0 Å². The second-order valence-electron chi connectivity index (χ2n) is 8.81. The molecule has 1 aliphatic rings. The lowest BCUT2D eigenvalue weighted by Crippen LogP contribution is -2.49. The highest BCUT2D eigenvalue weighted by molar-refractivity contribution is 5.88. The van der Waals surface area contributed by atoms with Gasteiger partial charge in [0, 0.05) is 26.4 Å². The number of rotatable bonds is 9. The first-order chi connectivity index (χ1) is 17.0. The Bertz CT molecular complexity index is 1150. The fourth-order valence-corrected chi connectivity index (χ4v) is 4.25. The van der Waals surface area contributed by atoms with Gasteiger partial charge in [-0.1, -0.05) is 66.2 Å². The number of nitrogens with zero attached hydrogens (tertiary/aromatic N) is 1. The molecule has 0 aromatic heterocycles. The van der Waals surface area contributed by atoms with Crippen LogP contribution in [0.4, 0.5) is 0 Å². The summed E-state index contributed by atoms with van der Waals surface area (Å²) >= 11 is 0. The molecule has 4 rings (SSSR count). The molecule has 35 heavy (non-hydrogen) atoms. The maximum absolute atomic E-state index is 13.6. The van der Waals surface area contributed by atoms with Gasteiger partial charge in [-0.2, -0.15) is 0 Å². The predicted octanol–water partition coefficient (Wildman–Crippen LogP) is 4.08. The molecule has 3 aromatic carbocycles. The molecule has 0 aliphatic carbocycles. The number of likely N-dealkylation sites (N-methyl/N-ethyl adjacent to an activating group) is 1. The van der Waals surface area contributed by atoms with E-state index in [0.717, 1.165) is 28.0 Å². The Labute approximate surface area is 206 Å². The van der Waals surface area contributed by atoms with Crippen molar-refractivity contribution in [3.05, 3.63) is 95.1 Å². The van der Waals surface area contributed by atoms with Gasteiger partial charge in [-0.3, -0.25) is 9.59 Å². The summed E-state index contributed by atoms with van der Waals surface area (Å²) in [6.07, 6.45) is 1.28. The van der Waals surface area contributed by atoms with Gasteiger partial charge in [-0.25, -0.2) is 0 Å². The van der Waals surface area contributed by atoms with E-state index in [-0.39, 0.29) is 18.2 Å². The van der Waals surface area contributed by atoms with E-state index in [4.69, 9.17) is 9.47 Å². The number of amides is 2. The zero-order chi connectivity index (χ0) is 24.6. The summed E-state index contributed by atoms with van der Waals surface area (Å²) in [5, 5.41) is 2.76. The molecule has 3 aromatic rings. The average molecular weight is 473 g/mol. The summed E-state index contributed by atoms with van der Waals surface area (Å²) in [4.78, 5) is 28.3. The molecule has 0 spiro atoms. The van der Waals surface area contributed by atoms with Gasteiger partial charge in [-0.15, -0.1) is 0 Å². The van der Waals surface area contributed by atoms with Crippen molar-refractivity contribution in [3.8, 4) is 11.5 Å². The summed E-state index contributed by atoms with van der Waals surface area (Å²) in [7, 11) is 1.62. The molecule has 2 amide bonds. The summed E-state index contributed by atoms with van der Waals surface area (Å²) in [6, 6.07) is 23.1. The monoisotopic (exact) mass is 472 g/mol. The quantitative estimate of drug-likeness (QED) is 0.510. The third-order valence-corrected chi connectivity index (χ3v) is 6.23. The topological polar surface area (TPSA) is 67.9 Å². The summed E-state index contributed by atoms with van der Waals surface area (Å²) in [6.45, 7) is 3.46. The number of hydrogen-bond donors (Lipinski definition) is 1. The summed E-state index contributed by atoms with van der Waals surface area (Å²) in [5.41, 5.74) is 4.15. The van der Waals surface area contributed by atoms with Crippen LogP contribution in [0.3, 0.4) is 0 Å². The minimum absolute atomic E-state index is 0.0648. The van der Waals surface area contributed by atoms with Crippen molar-refractivity contribution in [2.75, 3.05) is 20.3 Å². The third-order valence-electron chi connectivity index (χ3n) is 6.23. The summed E-state index contributed by atoms with van der Waals surface area (Å²) < 4.78 is 11.3. The second kappa shape index (κ2) is 11.6. The molecule has 1 aliphatic heterocycles. The van der Waals surface area contributed by atoms with Gasteiger partial charge in [0.2, 0.25) is 11.8 Å². The number of hydrogen-bond acceptors (Lipinski definition) is 4. The molecule has 0 saturated heterocycles. The molecule has 0 saturated carbocycles. The third kappa shape index (κ3) is 6.41. The smallest absolute Gasteiger partial charge is 0.242 e. The van der Waals surface area contributed by atoms with Crippen LogP contribution in [0.2, 0.25) is 0 Å². The molecule has 0 bridgehead atoms. The van der Waals surface area contributed by atoms with Gasteiger partial charge in [0.1, 0.15) is 19.3 Å². The van der Waals surface area contributed by atoms with Crippen LogP contribution in [0.15, 0.2) is 72.8 Å². The zero-order valence-electron chi connectivity index (χ0n) is 20.3. The largest absolute Gasteiger partial charge is 0.486 e. The molecule has 1 N–H and O–H groups in total. The highest BCUT2D eigenvalue weighted by Gasteiger charge is 2.29. The second-order valence-corrected chi connectivity index (χ2v) is 8.81. The van der Waals surface area contributed by atoms with Gasteiger partial charge in [0.15, 0.2) is 11.5 Å². The lowest BCUT2D eigenvalue weighted by atomic mass is 10.0. The number of nitrogens with one attached hydrogen (secondary N) is 1. The Kier molecular flexibility index (Phi) is 8.03. The molecule has 0 radical (unpaired) electrons. The minimum atomic E-state index is -0.614. The van der Waals surface area contributed by atoms with E-state index >= 15 is 0 Å². The van der Waals surface area contributed by atoms with Crippen molar-refractivity contribution in [1.29, 1.82) is 0 Å². The van der Waals surface area contributed by atoms with Gasteiger partial charge in [0.05, 0.1) is 0 Å². The van der Waals surface area contributed by atoms with Crippen molar-refractivity contribution in [2.45, 2.75) is 38.8 Å². The first kappa shape index (κ1) is 24.3. The number of benzene rings is 3. The van der Waals surface area contributed by atoms with Gasteiger partial charge in [-0.05, 0) is 42.2 Å². The highest BCUT2D eigenvalue weighted by Crippen LogP contribution is 2.31. The van der Waals surface area contributed by atoms with E-state index < -0.39 is 6.04 Å². The van der Waals surface area contributed by atoms with Crippen molar-refractivity contribution in [1.82, 2.24) is 10.2 Å². The van der Waals surface area contributed by atoms with E-state index in [9.17, 15) is 9.59 Å². The molecule has 1 heterocycles. The maximum Gasteiger partial charge on any atom is 0.242 e. The SMILES string of the molecule is CNC(=O)[C@H](Cc1ccccc1)N(Cc1ccc(C)cc1)C(=O)CCc1ccc2c(c1)OCCO2. The minimum Gasteiger partial charge on any atom is -0.486 e. The van der Waals surface area contributed by atoms with E-state index in [0.29, 0.717) is 38.3 Å². The van der Waals surface area contributed by atoms with E-state index in [1.54, 1.807) is 11.9 Å². The van der Waals surface area contributed by atoms with Gasteiger partial charge in [0.25, 0.3) is 0 Å². The Morgan fingerprint density at radius 3 is 2.29 bits per heavy atom. The number of ether oxygens (including phenoxy) is 2.